The Bertz CT molecular complexity index is 542. The summed E-state index contributed by atoms with van der Waals surface area (Å²) in [6.45, 7) is 7.57. The quantitative estimate of drug-likeness (QED) is 0.769. The van der Waals surface area contributed by atoms with E-state index < -0.39 is 0 Å². The van der Waals surface area contributed by atoms with E-state index in [4.69, 9.17) is 0 Å². The number of thiazole rings is 1. The molecule has 2 aromatic rings. The summed E-state index contributed by atoms with van der Waals surface area (Å²) in [4.78, 5) is 20.5. The number of nitrogens with zero attached hydrogens (tertiary/aromatic N) is 2. The molecule has 2 N–H and O–H groups in total. The van der Waals surface area contributed by atoms with E-state index in [1.165, 1.54) is 11.3 Å². The Morgan fingerprint density at radius 3 is 2.65 bits per heavy atom. The third-order valence-electron chi connectivity index (χ3n) is 3.00. The van der Waals surface area contributed by atoms with Crippen LogP contribution >= 0.6 is 22.7 Å². The lowest BCUT2D eigenvalue weighted by Gasteiger charge is -2.16. The first-order valence-corrected chi connectivity index (χ1v) is 8.41. The standard InChI is InChI=1S/C13H20N4OS2/c1-4-17(5-2)13-16-12-10(20-13)8-9(19-12)11(18)15-7-6-14-3/h8,14H,4-7H2,1-3H3,(H,15,18). The van der Waals surface area contributed by atoms with Gasteiger partial charge in [0.1, 0.15) is 4.83 Å². The van der Waals surface area contributed by atoms with Crippen LogP contribution in [0.2, 0.25) is 0 Å². The summed E-state index contributed by atoms with van der Waals surface area (Å²) in [5, 5.41) is 6.93. The summed E-state index contributed by atoms with van der Waals surface area (Å²) in [6.07, 6.45) is 0. The van der Waals surface area contributed by atoms with Crippen molar-refractivity contribution in [1.29, 1.82) is 0 Å². The second kappa shape index (κ2) is 7.01. The van der Waals surface area contributed by atoms with Crippen LogP contribution < -0.4 is 15.5 Å². The van der Waals surface area contributed by atoms with Crippen LogP contribution in [0.1, 0.15) is 23.5 Å². The molecule has 2 aromatic heterocycles. The number of hydrogen-bond donors (Lipinski definition) is 2. The molecule has 7 heteroatoms. The molecule has 0 bridgehead atoms. The average Bonchev–Trinajstić information content (AvgIpc) is 2.99. The summed E-state index contributed by atoms with van der Waals surface area (Å²) in [5.41, 5.74) is 0. The Balaban J connectivity index is 2.11. The highest BCUT2D eigenvalue weighted by Gasteiger charge is 2.15. The Morgan fingerprint density at radius 1 is 1.30 bits per heavy atom. The molecule has 0 atom stereocenters. The summed E-state index contributed by atoms with van der Waals surface area (Å²) in [6, 6.07) is 1.94. The minimum Gasteiger partial charge on any atom is -0.350 e. The largest absolute Gasteiger partial charge is 0.350 e. The maximum atomic E-state index is 12.0. The number of anilines is 1. The van der Waals surface area contributed by atoms with E-state index >= 15 is 0 Å². The molecule has 5 nitrogen and oxygen atoms in total. The molecule has 0 aromatic carbocycles. The van der Waals surface area contributed by atoms with E-state index in [0.29, 0.717) is 6.54 Å². The Hall–Kier alpha value is -1.18. The number of carbonyl (C=O) groups is 1. The molecule has 0 saturated carbocycles. The molecular weight excluding hydrogens is 292 g/mol. The smallest absolute Gasteiger partial charge is 0.261 e. The van der Waals surface area contributed by atoms with Gasteiger partial charge >= 0.3 is 0 Å². The van der Waals surface area contributed by atoms with E-state index in [1.807, 2.05) is 13.1 Å². The molecule has 2 rings (SSSR count). The van der Waals surface area contributed by atoms with Crippen LogP contribution in [0, 0.1) is 0 Å². The number of aromatic nitrogens is 1. The van der Waals surface area contributed by atoms with E-state index in [-0.39, 0.29) is 5.91 Å². The van der Waals surface area contributed by atoms with Crippen molar-refractivity contribution >= 4 is 43.2 Å². The molecule has 0 spiro atoms. The molecule has 0 unspecified atom stereocenters. The van der Waals surface area contributed by atoms with Crippen LogP contribution in [-0.4, -0.2) is 44.1 Å². The molecule has 20 heavy (non-hydrogen) atoms. The van der Waals surface area contributed by atoms with Gasteiger partial charge in [-0.15, -0.1) is 11.3 Å². The summed E-state index contributed by atoms with van der Waals surface area (Å²) in [5.74, 6) is -0.0140. The normalized spacial score (nSPS) is 10.9. The molecule has 1 amide bonds. The molecule has 0 radical (unpaired) electrons. The summed E-state index contributed by atoms with van der Waals surface area (Å²) in [7, 11) is 1.87. The predicted molar refractivity (Wildman–Crippen MR) is 87.3 cm³/mol. The van der Waals surface area contributed by atoms with Crippen molar-refractivity contribution < 1.29 is 4.79 Å². The fraction of sp³-hybridized carbons (Fsp3) is 0.538. The third kappa shape index (κ3) is 3.28. The van der Waals surface area contributed by atoms with Gasteiger partial charge in [0.25, 0.3) is 5.91 Å². The van der Waals surface area contributed by atoms with Gasteiger partial charge in [-0.1, -0.05) is 11.3 Å². The zero-order chi connectivity index (χ0) is 14.5. The van der Waals surface area contributed by atoms with Gasteiger partial charge in [-0.05, 0) is 27.0 Å². The van der Waals surface area contributed by atoms with Crippen LogP contribution in [0.5, 0.6) is 0 Å². The van der Waals surface area contributed by atoms with Gasteiger partial charge in [0.05, 0.1) is 9.58 Å². The van der Waals surface area contributed by atoms with E-state index in [1.54, 1.807) is 11.3 Å². The lowest BCUT2D eigenvalue weighted by molar-refractivity contribution is 0.0958. The second-order valence-electron chi connectivity index (χ2n) is 4.31. The van der Waals surface area contributed by atoms with Crippen LogP contribution in [0.15, 0.2) is 6.07 Å². The third-order valence-corrected chi connectivity index (χ3v) is 5.22. The highest BCUT2D eigenvalue weighted by Crippen LogP contribution is 2.34. The van der Waals surface area contributed by atoms with Gasteiger partial charge < -0.3 is 15.5 Å². The van der Waals surface area contributed by atoms with Crippen molar-refractivity contribution in [3.8, 4) is 0 Å². The Kier molecular flexibility index (Phi) is 5.33. The fourth-order valence-electron chi connectivity index (χ4n) is 1.85. The van der Waals surface area contributed by atoms with Crippen molar-refractivity contribution in [2.75, 3.05) is 38.1 Å². The number of likely N-dealkylation sites (N-methyl/N-ethyl adjacent to an activating group) is 1. The van der Waals surface area contributed by atoms with Crippen LogP contribution in [0.3, 0.4) is 0 Å². The van der Waals surface area contributed by atoms with E-state index in [0.717, 1.165) is 39.2 Å². The number of amides is 1. The lowest BCUT2D eigenvalue weighted by Crippen LogP contribution is -2.29. The number of rotatable bonds is 7. The molecule has 0 aliphatic rings. The highest BCUT2D eigenvalue weighted by molar-refractivity contribution is 7.29. The highest BCUT2D eigenvalue weighted by atomic mass is 32.1. The zero-order valence-electron chi connectivity index (χ0n) is 12.0. The summed E-state index contributed by atoms with van der Waals surface area (Å²) >= 11 is 3.12. The van der Waals surface area contributed by atoms with Crippen LogP contribution in [-0.2, 0) is 0 Å². The molecule has 2 heterocycles. The maximum absolute atomic E-state index is 12.0. The van der Waals surface area contributed by atoms with Gasteiger partial charge in [0, 0.05) is 26.2 Å². The molecule has 110 valence electrons. The Morgan fingerprint density at radius 2 is 2.05 bits per heavy atom. The molecule has 0 aliphatic carbocycles. The molecular formula is C13H20N4OS2. The topological polar surface area (TPSA) is 57.3 Å². The van der Waals surface area contributed by atoms with Crippen LogP contribution in [0.4, 0.5) is 5.13 Å². The molecule has 0 saturated heterocycles. The predicted octanol–water partition coefficient (Wildman–Crippen LogP) is 2.15. The Labute approximate surface area is 127 Å². The number of nitrogens with one attached hydrogen (secondary N) is 2. The minimum atomic E-state index is -0.0140. The minimum absolute atomic E-state index is 0.0140. The second-order valence-corrected chi connectivity index (χ2v) is 6.35. The zero-order valence-corrected chi connectivity index (χ0v) is 13.7. The van der Waals surface area contributed by atoms with Crippen molar-refractivity contribution in [2.45, 2.75) is 13.8 Å². The van der Waals surface area contributed by atoms with Gasteiger partial charge in [0.2, 0.25) is 0 Å². The maximum Gasteiger partial charge on any atom is 0.261 e. The number of thiophene rings is 1. The number of fused-ring (bicyclic) bond motifs is 1. The lowest BCUT2D eigenvalue weighted by atomic mass is 10.4. The first-order valence-electron chi connectivity index (χ1n) is 6.77. The van der Waals surface area contributed by atoms with Gasteiger partial charge in [-0.3, -0.25) is 4.79 Å². The first-order chi connectivity index (χ1) is 9.69. The van der Waals surface area contributed by atoms with Crippen molar-refractivity contribution in [3.05, 3.63) is 10.9 Å². The first kappa shape index (κ1) is 15.2. The summed E-state index contributed by atoms with van der Waals surface area (Å²) < 4.78 is 1.09. The molecule has 0 aliphatic heterocycles. The number of carbonyl (C=O) groups excluding carboxylic acids is 1. The number of hydrogen-bond acceptors (Lipinski definition) is 6. The molecule has 0 fully saturated rings. The van der Waals surface area contributed by atoms with Gasteiger partial charge in [-0.25, -0.2) is 4.98 Å². The average molecular weight is 312 g/mol. The van der Waals surface area contributed by atoms with Crippen molar-refractivity contribution in [2.24, 2.45) is 0 Å². The van der Waals surface area contributed by atoms with E-state index in [9.17, 15) is 4.79 Å². The van der Waals surface area contributed by atoms with Gasteiger partial charge in [-0.2, -0.15) is 0 Å². The fourth-order valence-corrected chi connectivity index (χ4v) is 4.11. The van der Waals surface area contributed by atoms with E-state index in [2.05, 4.69) is 34.4 Å². The van der Waals surface area contributed by atoms with Crippen LogP contribution in [0.25, 0.3) is 9.53 Å². The SMILES string of the molecule is CCN(CC)c1nc2sc(C(=O)NCCNC)cc2s1. The van der Waals surface area contributed by atoms with Crippen molar-refractivity contribution in [3.63, 3.8) is 0 Å². The monoisotopic (exact) mass is 312 g/mol. The van der Waals surface area contributed by atoms with Crippen molar-refractivity contribution in [1.82, 2.24) is 15.6 Å². The van der Waals surface area contributed by atoms with Gasteiger partial charge in [0.15, 0.2) is 5.13 Å².